The van der Waals surface area contributed by atoms with Crippen LogP contribution in [0.2, 0.25) is 0 Å². The molecule has 1 aliphatic heterocycles. The van der Waals surface area contributed by atoms with E-state index in [2.05, 4.69) is 5.48 Å². The topological polar surface area (TPSA) is 41.5 Å². The summed E-state index contributed by atoms with van der Waals surface area (Å²) >= 11 is 0. The molecule has 1 saturated heterocycles. The molecule has 3 nitrogen and oxygen atoms in total. The molecule has 2 atom stereocenters. The Labute approximate surface area is 77.3 Å². The Morgan fingerprint density at radius 2 is 2.15 bits per heavy atom. The summed E-state index contributed by atoms with van der Waals surface area (Å²) in [6, 6.07) is 9.43. The molecule has 2 rings (SSSR count). The van der Waals surface area contributed by atoms with Gasteiger partial charge >= 0.3 is 0 Å². The highest BCUT2D eigenvalue weighted by atomic mass is 16.8. The fourth-order valence-corrected chi connectivity index (χ4v) is 1.54. The zero-order chi connectivity index (χ0) is 9.31. The number of nitrogens with one attached hydrogen (secondary N) is 1. The van der Waals surface area contributed by atoms with Gasteiger partial charge in [-0.05, 0) is 0 Å². The maximum Gasteiger partial charge on any atom is 0.215 e. The number of hydrogen-bond donors (Lipinski definition) is 2. The lowest BCUT2D eigenvalue weighted by Gasteiger charge is -2.24. The normalized spacial score (nSPS) is 33.5. The van der Waals surface area contributed by atoms with Gasteiger partial charge in [-0.3, -0.25) is 4.84 Å². The monoisotopic (exact) mass is 179 g/mol. The predicted molar refractivity (Wildman–Crippen MR) is 48.6 cm³/mol. The van der Waals surface area contributed by atoms with E-state index < -0.39 is 5.79 Å². The largest absolute Gasteiger partial charge is 0.360 e. The molecule has 3 heteroatoms. The summed E-state index contributed by atoms with van der Waals surface area (Å²) in [5.41, 5.74) is 3.51. The van der Waals surface area contributed by atoms with Crippen LogP contribution in [0.3, 0.4) is 0 Å². The van der Waals surface area contributed by atoms with Crippen LogP contribution in [0.15, 0.2) is 30.3 Å². The van der Waals surface area contributed by atoms with Gasteiger partial charge in [0.25, 0.3) is 0 Å². The molecule has 0 saturated carbocycles. The van der Waals surface area contributed by atoms with E-state index in [4.69, 9.17) is 4.84 Å². The minimum Gasteiger partial charge on any atom is -0.360 e. The first kappa shape index (κ1) is 8.69. The van der Waals surface area contributed by atoms with Crippen LogP contribution in [0.5, 0.6) is 0 Å². The van der Waals surface area contributed by atoms with Crippen LogP contribution in [-0.2, 0) is 10.6 Å². The van der Waals surface area contributed by atoms with Crippen LogP contribution in [0, 0.1) is 5.92 Å². The summed E-state index contributed by atoms with van der Waals surface area (Å²) in [6.07, 6.45) is 0. The third-order valence-corrected chi connectivity index (χ3v) is 2.47. The zero-order valence-corrected chi connectivity index (χ0v) is 7.53. The molecule has 0 aliphatic carbocycles. The first-order chi connectivity index (χ1) is 6.23. The van der Waals surface area contributed by atoms with Gasteiger partial charge in [-0.1, -0.05) is 37.3 Å². The number of hydroxylamine groups is 1. The third kappa shape index (κ3) is 1.35. The SMILES string of the molecule is CC1CNOC1(O)c1ccccc1. The lowest BCUT2D eigenvalue weighted by Crippen LogP contribution is -2.31. The molecule has 13 heavy (non-hydrogen) atoms. The number of benzene rings is 1. The molecule has 70 valence electrons. The van der Waals surface area contributed by atoms with Gasteiger partial charge in [-0.25, -0.2) is 0 Å². The van der Waals surface area contributed by atoms with E-state index in [-0.39, 0.29) is 5.92 Å². The van der Waals surface area contributed by atoms with Gasteiger partial charge in [0, 0.05) is 18.0 Å². The second-order valence-electron chi connectivity index (χ2n) is 3.41. The number of aliphatic hydroxyl groups is 1. The van der Waals surface area contributed by atoms with Crippen molar-refractivity contribution in [2.75, 3.05) is 6.54 Å². The van der Waals surface area contributed by atoms with E-state index in [0.29, 0.717) is 6.54 Å². The van der Waals surface area contributed by atoms with Gasteiger partial charge < -0.3 is 5.11 Å². The van der Waals surface area contributed by atoms with Gasteiger partial charge in [0.1, 0.15) is 0 Å². The van der Waals surface area contributed by atoms with Crippen molar-refractivity contribution in [2.24, 2.45) is 5.92 Å². The third-order valence-electron chi connectivity index (χ3n) is 2.47. The van der Waals surface area contributed by atoms with E-state index in [9.17, 15) is 5.11 Å². The zero-order valence-electron chi connectivity index (χ0n) is 7.53. The Morgan fingerprint density at radius 3 is 2.69 bits per heavy atom. The van der Waals surface area contributed by atoms with Crippen molar-refractivity contribution in [1.29, 1.82) is 0 Å². The van der Waals surface area contributed by atoms with E-state index in [1.807, 2.05) is 37.3 Å². The Kier molecular flexibility index (Phi) is 2.07. The number of rotatable bonds is 1. The van der Waals surface area contributed by atoms with Crippen LogP contribution >= 0.6 is 0 Å². The lowest BCUT2D eigenvalue weighted by atomic mass is 9.94. The van der Waals surface area contributed by atoms with Gasteiger partial charge in [-0.2, -0.15) is 5.48 Å². The average Bonchev–Trinajstić information content (AvgIpc) is 2.50. The Balaban J connectivity index is 2.34. The average molecular weight is 179 g/mol. The van der Waals surface area contributed by atoms with Crippen LogP contribution in [0.25, 0.3) is 0 Å². The summed E-state index contributed by atoms with van der Waals surface area (Å²) in [7, 11) is 0. The molecular weight excluding hydrogens is 166 g/mol. The predicted octanol–water partition coefficient (Wildman–Crippen LogP) is 1.00. The fraction of sp³-hybridized carbons (Fsp3) is 0.400. The minimum absolute atomic E-state index is 0.0647. The maximum atomic E-state index is 10.1. The van der Waals surface area contributed by atoms with Gasteiger partial charge in [0.15, 0.2) is 0 Å². The molecule has 0 bridgehead atoms. The first-order valence-electron chi connectivity index (χ1n) is 4.42. The van der Waals surface area contributed by atoms with E-state index >= 15 is 0 Å². The van der Waals surface area contributed by atoms with Gasteiger partial charge in [-0.15, -0.1) is 0 Å². The van der Waals surface area contributed by atoms with Crippen molar-refractivity contribution in [3.8, 4) is 0 Å². The van der Waals surface area contributed by atoms with Crippen molar-refractivity contribution in [1.82, 2.24) is 5.48 Å². The Morgan fingerprint density at radius 1 is 1.46 bits per heavy atom. The van der Waals surface area contributed by atoms with Crippen molar-refractivity contribution >= 4 is 0 Å². The molecule has 2 unspecified atom stereocenters. The molecule has 0 radical (unpaired) electrons. The summed E-state index contributed by atoms with van der Waals surface area (Å²) in [5, 5.41) is 10.1. The van der Waals surface area contributed by atoms with Crippen LogP contribution in [0.1, 0.15) is 12.5 Å². The highest BCUT2D eigenvalue weighted by Gasteiger charge is 2.41. The Hall–Kier alpha value is -0.900. The molecular formula is C10H13NO2. The first-order valence-corrected chi connectivity index (χ1v) is 4.42. The van der Waals surface area contributed by atoms with Crippen LogP contribution in [0.4, 0.5) is 0 Å². The summed E-state index contributed by atoms with van der Waals surface area (Å²) < 4.78 is 0. The van der Waals surface area contributed by atoms with Crippen molar-refractivity contribution in [3.63, 3.8) is 0 Å². The van der Waals surface area contributed by atoms with E-state index in [0.717, 1.165) is 5.56 Å². The quantitative estimate of drug-likeness (QED) is 0.675. The molecule has 0 amide bonds. The second-order valence-corrected chi connectivity index (χ2v) is 3.41. The molecule has 1 aliphatic rings. The molecule has 1 fully saturated rings. The van der Waals surface area contributed by atoms with Crippen LogP contribution < -0.4 is 5.48 Å². The molecule has 0 spiro atoms. The molecule has 1 heterocycles. The Bertz CT molecular complexity index is 288. The van der Waals surface area contributed by atoms with Crippen molar-refractivity contribution < 1.29 is 9.94 Å². The maximum absolute atomic E-state index is 10.1. The van der Waals surface area contributed by atoms with Crippen molar-refractivity contribution in [3.05, 3.63) is 35.9 Å². The van der Waals surface area contributed by atoms with Crippen LogP contribution in [-0.4, -0.2) is 11.7 Å². The lowest BCUT2D eigenvalue weighted by molar-refractivity contribution is -0.226. The van der Waals surface area contributed by atoms with Crippen molar-refractivity contribution in [2.45, 2.75) is 12.7 Å². The number of hydrogen-bond acceptors (Lipinski definition) is 3. The van der Waals surface area contributed by atoms with E-state index in [1.165, 1.54) is 0 Å². The second kappa shape index (κ2) is 3.10. The standard InChI is InChI=1S/C10H13NO2/c1-8-7-11-13-10(8,12)9-5-3-2-4-6-9/h2-6,8,11-12H,7H2,1H3. The smallest absolute Gasteiger partial charge is 0.215 e. The molecule has 2 N–H and O–H groups in total. The molecule has 1 aromatic rings. The summed E-state index contributed by atoms with van der Waals surface area (Å²) in [4.78, 5) is 5.14. The highest BCUT2D eigenvalue weighted by Crippen LogP contribution is 2.33. The van der Waals surface area contributed by atoms with Gasteiger partial charge in [0.05, 0.1) is 0 Å². The minimum atomic E-state index is -1.17. The molecule has 1 aromatic carbocycles. The van der Waals surface area contributed by atoms with Gasteiger partial charge in [0.2, 0.25) is 5.79 Å². The fourth-order valence-electron chi connectivity index (χ4n) is 1.54. The summed E-state index contributed by atoms with van der Waals surface area (Å²) in [6.45, 7) is 2.62. The molecule has 0 aromatic heterocycles. The highest BCUT2D eigenvalue weighted by molar-refractivity contribution is 5.21. The van der Waals surface area contributed by atoms with E-state index in [1.54, 1.807) is 0 Å². The summed E-state index contributed by atoms with van der Waals surface area (Å²) in [5.74, 6) is -1.10.